The Hall–Kier alpha value is -0.450. The SMILES string of the molecule is CC1(C)CNC2(CCCCC2)CN1Cc1cncc(Br)c1. The summed E-state index contributed by atoms with van der Waals surface area (Å²) in [6.07, 6.45) is 10.7. The number of aromatic nitrogens is 1. The molecule has 1 aromatic heterocycles. The Bertz CT molecular complexity index is 495. The fourth-order valence-electron chi connectivity index (χ4n) is 3.75. The molecule has 116 valence electrons. The maximum atomic E-state index is 4.31. The van der Waals surface area contributed by atoms with Gasteiger partial charge in [0.2, 0.25) is 0 Å². The summed E-state index contributed by atoms with van der Waals surface area (Å²) < 4.78 is 1.07. The standard InChI is InChI=1S/C17H26BrN3/c1-16(2)12-20-17(6-4-3-5-7-17)13-21(16)11-14-8-15(18)10-19-9-14/h8-10,20H,3-7,11-13H2,1-2H3. The van der Waals surface area contributed by atoms with Crippen LogP contribution in [0.15, 0.2) is 22.9 Å². The zero-order chi connectivity index (χ0) is 14.9. The molecule has 0 radical (unpaired) electrons. The number of hydrogen-bond acceptors (Lipinski definition) is 3. The Morgan fingerprint density at radius 3 is 2.71 bits per heavy atom. The average molecular weight is 352 g/mol. The molecule has 0 bridgehead atoms. The van der Waals surface area contributed by atoms with Gasteiger partial charge in [-0.05, 0) is 54.2 Å². The molecule has 4 heteroatoms. The van der Waals surface area contributed by atoms with E-state index in [1.54, 1.807) is 0 Å². The van der Waals surface area contributed by atoms with E-state index in [-0.39, 0.29) is 5.54 Å². The molecule has 0 atom stereocenters. The molecule has 1 aromatic rings. The van der Waals surface area contributed by atoms with Gasteiger partial charge in [-0.15, -0.1) is 0 Å². The molecule has 1 saturated heterocycles. The van der Waals surface area contributed by atoms with Gasteiger partial charge in [-0.2, -0.15) is 0 Å². The van der Waals surface area contributed by atoms with Crippen molar-refractivity contribution in [2.75, 3.05) is 13.1 Å². The second-order valence-electron chi connectivity index (χ2n) is 7.37. The van der Waals surface area contributed by atoms with Crippen molar-refractivity contribution in [1.29, 1.82) is 0 Å². The lowest BCUT2D eigenvalue weighted by Gasteiger charge is -2.53. The summed E-state index contributed by atoms with van der Waals surface area (Å²) in [5, 5.41) is 3.89. The predicted octanol–water partition coefficient (Wildman–Crippen LogP) is 3.73. The highest BCUT2D eigenvalue weighted by Gasteiger charge is 2.42. The van der Waals surface area contributed by atoms with Crippen LogP contribution in [-0.2, 0) is 6.54 Å². The van der Waals surface area contributed by atoms with Gasteiger partial charge in [-0.25, -0.2) is 0 Å². The largest absolute Gasteiger partial charge is 0.308 e. The van der Waals surface area contributed by atoms with Crippen molar-refractivity contribution in [1.82, 2.24) is 15.2 Å². The Kier molecular flexibility index (Phi) is 4.40. The lowest BCUT2D eigenvalue weighted by Crippen LogP contribution is -2.68. The number of piperazine rings is 1. The molecule has 2 fully saturated rings. The highest BCUT2D eigenvalue weighted by Crippen LogP contribution is 2.35. The number of pyridine rings is 1. The van der Waals surface area contributed by atoms with Crippen LogP contribution in [0.3, 0.4) is 0 Å². The molecule has 1 saturated carbocycles. The maximum Gasteiger partial charge on any atom is 0.0410 e. The van der Waals surface area contributed by atoms with Crippen LogP contribution in [0.4, 0.5) is 0 Å². The van der Waals surface area contributed by atoms with Crippen molar-refractivity contribution in [3.63, 3.8) is 0 Å². The van der Waals surface area contributed by atoms with Gasteiger partial charge in [-0.3, -0.25) is 9.88 Å². The molecule has 21 heavy (non-hydrogen) atoms. The molecular weight excluding hydrogens is 326 g/mol. The number of halogens is 1. The number of nitrogens with zero attached hydrogens (tertiary/aromatic N) is 2. The summed E-state index contributed by atoms with van der Waals surface area (Å²) in [4.78, 5) is 6.96. The van der Waals surface area contributed by atoms with Crippen molar-refractivity contribution in [3.05, 3.63) is 28.5 Å². The fraction of sp³-hybridized carbons (Fsp3) is 0.706. The van der Waals surface area contributed by atoms with Crippen molar-refractivity contribution >= 4 is 15.9 Å². The summed E-state index contributed by atoms with van der Waals surface area (Å²) in [6.45, 7) is 7.92. The summed E-state index contributed by atoms with van der Waals surface area (Å²) >= 11 is 3.53. The van der Waals surface area contributed by atoms with Crippen molar-refractivity contribution in [2.45, 2.75) is 63.6 Å². The first-order chi connectivity index (χ1) is 9.99. The first kappa shape index (κ1) is 15.4. The van der Waals surface area contributed by atoms with Crippen LogP contribution in [0.1, 0.15) is 51.5 Å². The van der Waals surface area contributed by atoms with Gasteiger partial charge in [0.25, 0.3) is 0 Å². The molecule has 2 heterocycles. The van der Waals surface area contributed by atoms with Gasteiger partial charge in [0.15, 0.2) is 0 Å². The zero-order valence-electron chi connectivity index (χ0n) is 13.2. The van der Waals surface area contributed by atoms with Crippen LogP contribution >= 0.6 is 15.9 Å². The summed E-state index contributed by atoms with van der Waals surface area (Å²) in [5.41, 5.74) is 1.85. The first-order valence-electron chi connectivity index (χ1n) is 8.09. The molecule has 0 amide bonds. The highest BCUT2D eigenvalue weighted by molar-refractivity contribution is 9.10. The quantitative estimate of drug-likeness (QED) is 0.879. The van der Waals surface area contributed by atoms with E-state index in [2.05, 4.69) is 51.0 Å². The smallest absolute Gasteiger partial charge is 0.0410 e. The van der Waals surface area contributed by atoms with Gasteiger partial charge >= 0.3 is 0 Å². The summed E-state index contributed by atoms with van der Waals surface area (Å²) in [5.74, 6) is 0. The van der Waals surface area contributed by atoms with Crippen molar-refractivity contribution in [2.24, 2.45) is 0 Å². The monoisotopic (exact) mass is 351 g/mol. The molecule has 0 aromatic carbocycles. The molecule has 3 nitrogen and oxygen atoms in total. The minimum atomic E-state index is 0.199. The lowest BCUT2D eigenvalue weighted by molar-refractivity contribution is 0.00478. The molecule has 0 unspecified atom stereocenters. The molecule has 1 aliphatic carbocycles. The van der Waals surface area contributed by atoms with Crippen LogP contribution in [0, 0.1) is 0 Å². The molecule has 1 N–H and O–H groups in total. The molecular formula is C17H26BrN3. The predicted molar refractivity (Wildman–Crippen MR) is 90.2 cm³/mol. The van der Waals surface area contributed by atoms with E-state index >= 15 is 0 Å². The summed E-state index contributed by atoms with van der Waals surface area (Å²) in [6, 6.07) is 2.19. The number of hydrogen-bond donors (Lipinski definition) is 1. The van der Waals surface area contributed by atoms with E-state index in [9.17, 15) is 0 Å². The van der Waals surface area contributed by atoms with Gasteiger partial charge < -0.3 is 5.32 Å². The van der Waals surface area contributed by atoms with E-state index in [0.29, 0.717) is 5.54 Å². The zero-order valence-corrected chi connectivity index (χ0v) is 14.7. The molecule has 3 rings (SSSR count). The molecule has 2 aliphatic rings. The molecule has 1 spiro atoms. The maximum absolute atomic E-state index is 4.31. The van der Waals surface area contributed by atoms with Crippen molar-refractivity contribution in [3.8, 4) is 0 Å². The van der Waals surface area contributed by atoms with E-state index in [0.717, 1.165) is 24.1 Å². The first-order valence-corrected chi connectivity index (χ1v) is 8.88. The number of rotatable bonds is 2. The van der Waals surface area contributed by atoms with Gasteiger partial charge in [0.1, 0.15) is 0 Å². The Balaban J connectivity index is 1.77. The van der Waals surface area contributed by atoms with Crippen LogP contribution in [0.2, 0.25) is 0 Å². The fourth-order valence-corrected chi connectivity index (χ4v) is 4.16. The van der Waals surface area contributed by atoms with E-state index in [1.807, 2.05) is 12.4 Å². The number of nitrogens with one attached hydrogen (secondary N) is 1. The minimum Gasteiger partial charge on any atom is -0.308 e. The van der Waals surface area contributed by atoms with Crippen molar-refractivity contribution < 1.29 is 0 Å². The van der Waals surface area contributed by atoms with Gasteiger partial charge in [0, 0.05) is 47.6 Å². The van der Waals surface area contributed by atoms with Crippen LogP contribution in [0.25, 0.3) is 0 Å². The molecule has 1 aliphatic heterocycles. The third-order valence-electron chi connectivity index (χ3n) is 5.19. The van der Waals surface area contributed by atoms with E-state index in [1.165, 1.54) is 37.7 Å². The Labute approximate surface area is 136 Å². The van der Waals surface area contributed by atoms with E-state index in [4.69, 9.17) is 0 Å². The van der Waals surface area contributed by atoms with Crippen LogP contribution < -0.4 is 5.32 Å². The summed E-state index contributed by atoms with van der Waals surface area (Å²) in [7, 11) is 0. The minimum absolute atomic E-state index is 0.199. The normalized spacial score (nSPS) is 25.1. The third-order valence-corrected chi connectivity index (χ3v) is 5.62. The third kappa shape index (κ3) is 3.49. The second kappa shape index (κ2) is 5.98. The van der Waals surface area contributed by atoms with Crippen LogP contribution in [0.5, 0.6) is 0 Å². The lowest BCUT2D eigenvalue weighted by atomic mass is 9.77. The van der Waals surface area contributed by atoms with Crippen LogP contribution in [-0.4, -0.2) is 34.1 Å². The van der Waals surface area contributed by atoms with Gasteiger partial charge in [0.05, 0.1) is 0 Å². The van der Waals surface area contributed by atoms with Gasteiger partial charge in [-0.1, -0.05) is 19.3 Å². The Morgan fingerprint density at radius 2 is 2.00 bits per heavy atom. The highest BCUT2D eigenvalue weighted by atomic mass is 79.9. The Morgan fingerprint density at radius 1 is 1.24 bits per heavy atom. The topological polar surface area (TPSA) is 28.2 Å². The van der Waals surface area contributed by atoms with E-state index < -0.39 is 0 Å². The second-order valence-corrected chi connectivity index (χ2v) is 8.29. The average Bonchev–Trinajstić information content (AvgIpc) is 2.45.